The molecule has 2 N–H and O–H groups in total. The highest BCUT2D eigenvalue weighted by atomic mass is 79.9. The van der Waals surface area contributed by atoms with Crippen LogP contribution in [0.3, 0.4) is 0 Å². The molecule has 0 aliphatic heterocycles. The van der Waals surface area contributed by atoms with Crippen LogP contribution in [0.2, 0.25) is 10.0 Å². The van der Waals surface area contributed by atoms with Gasteiger partial charge in [0.15, 0.2) is 6.54 Å². The van der Waals surface area contributed by atoms with E-state index in [1.54, 1.807) is 25.3 Å². The zero-order valence-corrected chi connectivity index (χ0v) is 16.4. The van der Waals surface area contributed by atoms with Gasteiger partial charge in [-0.3, -0.25) is 4.79 Å². The van der Waals surface area contributed by atoms with Gasteiger partial charge in [0.2, 0.25) is 0 Å². The molecule has 0 saturated heterocycles. The van der Waals surface area contributed by atoms with Crippen LogP contribution in [0.25, 0.3) is 0 Å². The van der Waals surface area contributed by atoms with E-state index in [2.05, 4.69) is 21.2 Å². The Bertz CT molecular complexity index is 741. The van der Waals surface area contributed by atoms with Gasteiger partial charge < -0.3 is 15.0 Å². The van der Waals surface area contributed by atoms with Crippen molar-refractivity contribution < 1.29 is 14.4 Å². The zero-order chi connectivity index (χ0) is 17.7. The van der Waals surface area contributed by atoms with E-state index in [0.717, 1.165) is 20.7 Å². The minimum atomic E-state index is -0.0974. The van der Waals surface area contributed by atoms with Gasteiger partial charge in [-0.05, 0) is 36.4 Å². The van der Waals surface area contributed by atoms with Gasteiger partial charge in [-0.2, -0.15) is 0 Å². The van der Waals surface area contributed by atoms with Gasteiger partial charge in [-0.1, -0.05) is 39.1 Å². The van der Waals surface area contributed by atoms with E-state index in [9.17, 15) is 4.79 Å². The van der Waals surface area contributed by atoms with E-state index in [0.29, 0.717) is 28.8 Å². The molecule has 0 fully saturated rings. The number of carbonyl (C=O) groups excluding carboxylic acids is 1. The van der Waals surface area contributed by atoms with Crippen LogP contribution in [-0.4, -0.2) is 26.6 Å². The van der Waals surface area contributed by atoms with Gasteiger partial charge in [-0.15, -0.1) is 0 Å². The first-order valence-corrected chi connectivity index (χ1v) is 8.82. The Hall–Kier alpha value is -1.27. The van der Waals surface area contributed by atoms with E-state index < -0.39 is 0 Å². The Morgan fingerprint density at radius 3 is 2.62 bits per heavy atom. The van der Waals surface area contributed by atoms with Crippen molar-refractivity contribution in [1.29, 1.82) is 0 Å². The predicted octanol–water partition coefficient (Wildman–Crippen LogP) is 3.42. The summed E-state index contributed by atoms with van der Waals surface area (Å²) in [6.45, 7) is 0.979. The first kappa shape index (κ1) is 19.1. The van der Waals surface area contributed by atoms with Crippen molar-refractivity contribution in [2.75, 3.05) is 26.0 Å². The zero-order valence-electron chi connectivity index (χ0n) is 13.3. The first-order valence-electron chi connectivity index (χ1n) is 7.27. The monoisotopic (exact) mass is 431 g/mol. The third kappa shape index (κ3) is 5.38. The molecule has 0 bridgehead atoms. The lowest BCUT2D eigenvalue weighted by Gasteiger charge is -2.16. The summed E-state index contributed by atoms with van der Waals surface area (Å²) in [6, 6.07) is 10.8. The number of methoxy groups -OCH3 is 1. The number of hydrogen-bond donors (Lipinski definition) is 2. The van der Waals surface area contributed by atoms with Crippen molar-refractivity contribution >= 4 is 50.7 Å². The number of benzene rings is 2. The lowest BCUT2D eigenvalue weighted by molar-refractivity contribution is -0.885. The molecule has 0 aliphatic rings. The molecule has 7 heteroatoms. The Balaban J connectivity index is 1.96. The number of hydrogen-bond acceptors (Lipinski definition) is 2. The predicted molar refractivity (Wildman–Crippen MR) is 101 cm³/mol. The number of nitrogens with one attached hydrogen (secondary N) is 2. The highest BCUT2D eigenvalue weighted by Crippen LogP contribution is 2.25. The lowest BCUT2D eigenvalue weighted by Crippen LogP contribution is -3.08. The van der Waals surface area contributed by atoms with Crippen LogP contribution in [0.5, 0.6) is 5.75 Å². The second-order valence-electron chi connectivity index (χ2n) is 5.44. The second-order valence-corrected chi connectivity index (χ2v) is 7.17. The quantitative estimate of drug-likeness (QED) is 0.734. The summed E-state index contributed by atoms with van der Waals surface area (Å²) in [4.78, 5) is 13.2. The lowest BCUT2D eigenvalue weighted by atomic mass is 10.2. The standard InChI is InChI=1S/C17H17BrCl2N2O2/c1-22(9-11-7-12(18)3-6-16(11)24-2)10-17(23)21-13-4-5-14(19)15(20)8-13/h3-8H,9-10H2,1-2H3,(H,21,23)/p+1. The molecule has 0 saturated carbocycles. The number of likely N-dealkylation sites (N-methyl/N-ethyl adjacent to an activating group) is 1. The Morgan fingerprint density at radius 1 is 1.21 bits per heavy atom. The maximum absolute atomic E-state index is 12.2. The maximum atomic E-state index is 12.2. The highest BCUT2D eigenvalue weighted by Gasteiger charge is 2.14. The molecule has 1 atom stereocenters. The third-order valence-electron chi connectivity index (χ3n) is 3.40. The van der Waals surface area contributed by atoms with Crippen LogP contribution in [0.1, 0.15) is 5.56 Å². The number of amides is 1. The number of rotatable bonds is 6. The fraction of sp³-hybridized carbons (Fsp3) is 0.235. The summed E-state index contributed by atoms with van der Waals surface area (Å²) in [7, 11) is 3.59. The summed E-state index contributed by atoms with van der Waals surface area (Å²) in [5, 5.41) is 3.69. The summed E-state index contributed by atoms with van der Waals surface area (Å²) in [5.74, 6) is 0.710. The van der Waals surface area contributed by atoms with Crippen molar-refractivity contribution in [3.05, 3.63) is 56.5 Å². The molecule has 0 spiro atoms. The molecule has 1 amide bonds. The van der Waals surface area contributed by atoms with E-state index in [4.69, 9.17) is 27.9 Å². The fourth-order valence-electron chi connectivity index (χ4n) is 2.33. The summed E-state index contributed by atoms with van der Waals surface area (Å²) in [5.41, 5.74) is 1.66. The molecular formula is C17H18BrCl2N2O2+. The van der Waals surface area contributed by atoms with Crippen molar-refractivity contribution in [2.45, 2.75) is 6.54 Å². The smallest absolute Gasteiger partial charge is 0.279 e. The van der Waals surface area contributed by atoms with Gasteiger partial charge in [0.1, 0.15) is 12.3 Å². The number of ether oxygens (including phenoxy) is 1. The number of halogens is 3. The van der Waals surface area contributed by atoms with Gasteiger partial charge in [0, 0.05) is 15.7 Å². The average Bonchev–Trinajstić information content (AvgIpc) is 2.51. The largest absolute Gasteiger partial charge is 0.496 e. The molecule has 0 radical (unpaired) electrons. The molecule has 2 aromatic carbocycles. The van der Waals surface area contributed by atoms with Crippen LogP contribution in [0, 0.1) is 0 Å². The molecule has 2 rings (SSSR count). The Labute approximate surface area is 159 Å². The van der Waals surface area contributed by atoms with Crippen LogP contribution >= 0.6 is 39.1 Å². The molecule has 4 nitrogen and oxygen atoms in total. The highest BCUT2D eigenvalue weighted by molar-refractivity contribution is 9.10. The van der Waals surface area contributed by atoms with Crippen LogP contribution < -0.4 is 15.0 Å². The van der Waals surface area contributed by atoms with Crippen molar-refractivity contribution in [3.8, 4) is 5.75 Å². The van der Waals surface area contributed by atoms with Crippen molar-refractivity contribution in [1.82, 2.24) is 0 Å². The van der Waals surface area contributed by atoms with Gasteiger partial charge in [-0.25, -0.2) is 0 Å². The molecular weight excluding hydrogens is 415 g/mol. The van der Waals surface area contributed by atoms with Gasteiger partial charge >= 0.3 is 0 Å². The second kappa shape index (κ2) is 8.72. The number of quaternary nitrogens is 1. The molecule has 0 aliphatic carbocycles. The van der Waals surface area contributed by atoms with E-state index in [1.807, 2.05) is 25.2 Å². The molecule has 1 unspecified atom stereocenters. The van der Waals surface area contributed by atoms with Gasteiger partial charge in [0.25, 0.3) is 5.91 Å². The topological polar surface area (TPSA) is 42.8 Å². The normalized spacial score (nSPS) is 11.9. The van der Waals surface area contributed by atoms with Crippen LogP contribution in [0.15, 0.2) is 40.9 Å². The van der Waals surface area contributed by atoms with E-state index in [1.165, 1.54) is 0 Å². The van der Waals surface area contributed by atoms with Crippen LogP contribution in [-0.2, 0) is 11.3 Å². The Kier molecular flexibility index (Phi) is 6.92. The van der Waals surface area contributed by atoms with Crippen molar-refractivity contribution in [3.63, 3.8) is 0 Å². The minimum Gasteiger partial charge on any atom is -0.496 e. The van der Waals surface area contributed by atoms with Crippen molar-refractivity contribution in [2.24, 2.45) is 0 Å². The number of anilines is 1. The van der Waals surface area contributed by atoms with E-state index >= 15 is 0 Å². The van der Waals surface area contributed by atoms with Crippen LogP contribution in [0.4, 0.5) is 5.69 Å². The molecule has 2 aromatic rings. The van der Waals surface area contributed by atoms with E-state index in [-0.39, 0.29) is 5.91 Å². The third-order valence-corrected chi connectivity index (χ3v) is 4.63. The summed E-state index contributed by atoms with van der Waals surface area (Å²) < 4.78 is 6.34. The van der Waals surface area contributed by atoms with Gasteiger partial charge in [0.05, 0.1) is 24.2 Å². The molecule has 24 heavy (non-hydrogen) atoms. The first-order chi connectivity index (χ1) is 11.4. The molecule has 0 heterocycles. The summed E-state index contributed by atoms with van der Waals surface area (Å²) in [6.07, 6.45) is 0. The average molecular weight is 433 g/mol. The minimum absolute atomic E-state index is 0.0974. The fourth-order valence-corrected chi connectivity index (χ4v) is 3.03. The Morgan fingerprint density at radius 2 is 1.96 bits per heavy atom. The molecule has 0 aromatic heterocycles. The summed E-state index contributed by atoms with van der Waals surface area (Å²) >= 11 is 15.3. The maximum Gasteiger partial charge on any atom is 0.279 e. The molecule has 128 valence electrons. The number of carbonyl (C=O) groups is 1. The SMILES string of the molecule is COc1ccc(Br)cc1C[NH+](C)CC(=O)Nc1ccc(Cl)c(Cl)c1.